The lowest BCUT2D eigenvalue weighted by molar-refractivity contribution is 0.985. The van der Waals surface area contributed by atoms with Crippen LogP contribution in [0.4, 0.5) is 0 Å². The number of benzene rings is 3. The van der Waals surface area contributed by atoms with Gasteiger partial charge in [-0.3, -0.25) is 4.57 Å². The number of rotatable bonds is 1. The van der Waals surface area contributed by atoms with Crippen molar-refractivity contribution >= 4 is 43.6 Å². The van der Waals surface area contributed by atoms with Crippen LogP contribution in [-0.2, 0) is 7.05 Å². The van der Waals surface area contributed by atoms with Gasteiger partial charge in [0.2, 0.25) is 5.95 Å². The standard InChI is InChI=1S/C23H16N4/c1-26-19-9-4-2-7-15(19)17-13-18-16-8-3-5-10-20(16)27(22(18)14-21(17)26)23-24-11-6-12-25-23/h2-14H,1H3. The molecule has 3 aromatic carbocycles. The molecule has 3 aromatic heterocycles. The lowest BCUT2D eigenvalue weighted by Gasteiger charge is -2.05. The van der Waals surface area contributed by atoms with E-state index in [-0.39, 0.29) is 0 Å². The average Bonchev–Trinajstić information content (AvgIpc) is 3.20. The van der Waals surface area contributed by atoms with Gasteiger partial charge < -0.3 is 4.57 Å². The molecule has 0 fully saturated rings. The van der Waals surface area contributed by atoms with E-state index in [9.17, 15) is 0 Å². The van der Waals surface area contributed by atoms with E-state index < -0.39 is 0 Å². The maximum Gasteiger partial charge on any atom is 0.234 e. The normalized spacial score (nSPS) is 11.9. The molecule has 6 rings (SSSR count). The summed E-state index contributed by atoms with van der Waals surface area (Å²) < 4.78 is 4.42. The zero-order chi connectivity index (χ0) is 18.0. The van der Waals surface area contributed by atoms with Crippen molar-refractivity contribution in [3.63, 3.8) is 0 Å². The molecule has 0 radical (unpaired) electrons. The van der Waals surface area contributed by atoms with Crippen LogP contribution in [-0.4, -0.2) is 19.1 Å². The minimum absolute atomic E-state index is 0.696. The minimum atomic E-state index is 0.696. The van der Waals surface area contributed by atoms with Crippen LogP contribution < -0.4 is 0 Å². The summed E-state index contributed by atoms with van der Waals surface area (Å²) in [4.78, 5) is 9.02. The molecule has 0 spiro atoms. The van der Waals surface area contributed by atoms with Gasteiger partial charge in [0.1, 0.15) is 0 Å². The van der Waals surface area contributed by atoms with E-state index in [4.69, 9.17) is 0 Å². The fourth-order valence-electron chi connectivity index (χ4n) is 4.24. The van der Waals surface area contributed by atoms with Crippen LogP contribution in [0.5, 0.6) is 0 Å². The van der Waals surface area contributed by atoms with Crippen molar-refractivity contribution < 1.29 is 0 Å². The Morgan fingerprint density at radius 3 is 2.00 bits per heavy atom. The number of hydrogen-bond acceptors (Lipinski definition) is 2. The molecule has 3 heterocycles. The summed E-state index contributed by atoms with van der Waals surface area (Å²) >= 11 is 0. The van der Waals surface area contributed by atoms with E-state index in [0.29, 0.717) is 5.95 Å². The maximum absolute atomic E-state index is 4.51. The number of para-hydroxylation sites is 2. The maximum atomic E-state index is 4.51. The van der Waals surface area contributed by atoms with E-state index >= 15 is 0 Å². The Bertz CT molecular complexity index is 1470. The monoisotopic (exact) mass is 348 g/mol. The highest BCUT2D eigenvalue weighted by molar-refractivity contribution is 6.18. The van der Waals surface area contributed by atoms with Gasteiger partial charge >= 0.3 is 0 Å². The highest BCUT2D eigenvalue weighted by Crippen LogP contribution is 2.37. The molecule has 0 aliphatic carbocycles. The summed E-state index contributed by atoms with van der Waals surface area (Å²) in [5.74, 6) is 0.696. The van der Waals surface area contributed by atoms with E-state index in [1.54, 1.807) is 12.4 Å². The highest BCUT2D eigenvalue weighted by Gasteiger charge is 2.16. The summed E-state index contributed by atoms with van der Waals surface area (Å²) in [5, 5.41) is 5.00. The fraction of sp³-hybridized carbons (Fsp3) is 0.0435. The van der Waals surface area contributed by atoms with Crippen molar-refractivity contribution in [3.8, 4) is 5.95 Å². The van der Waals surface area contributed by atoms with Crippen molar-refractivity contribution in [2.24, 2.45) is 7.05 Å². The number of hydrogen-bond donors (Lipinski definition) is 0. The van der Waals surface area contributed by atoms with Gasteiger partial charge in [-0.15, -0.1) is 0 Å². The molecule has 0 saturated heterocycles. The van der Waals surface area contributed by atoms with Gasteiger partial charge in [0.15, 0.2) is 0 Å². The first-order valence-corrected chi connectivity index (χ1v) is 9.00. The molecule has 0 atom stereocenters. The summed E-state index contributed by atoms with van der Waals surface area (Å²) in [7, 11) is 2.13. The molecule has 0 N–H and O–H groups in total. The van der Waals surface area contributed by atoms with Crippen molar-refractivity contribution in [2.75, 3.05) is 0 Å². The number of aryl methyl sites for hydroxylation is 1. The SMILES string of the molecule is Cn1c2ccccc2c2cc3c4ccccc4n(-c4ncccn4)c3cc21. The van der Waals surface area contributed by atoms with Crippen molar-refractivity contribution in [1.82, 2.24) is 19.1 Å². The second kappa shape index (κ2) is 5.17. The third-order valence-corrected chi connectivity index (χ3v) is 5.46. The lowest BCUT2D eigenvalue weighted by atomic mass is 10.1. The van der Waals surface area contributed by atoms with E-state index in [0.717, 1.165) is 11.0 Å². The Balaban J connectivity index is 1.87. The Kier molecular flexibility index (Phi) is 2.78. The first-order valence-electron chi connectivity index (χ1n) is 9.00. The predicted octanol–water partition coefficient (Wildman–Crippen LogP) is 5.22. The van der Waals surface area contributed by atoms with Crippen LogP contribution in [0.3, 0.4) is 0 Å². The van der Waals surface area contributed by atoms with Gasteiger partial charge in [-0.25, -0.2) is 9.97 Å². The average molecular weight is 348 g/mol. The molecule has 0 aliphatic rings. The molecule has 4 heteroatoms. The van der Waals surface area contributed by atoms with Crippen LogP contribution in [0, 0.1) is 0 Å². The number of nitrogens with zero attached hydrogens (tertiary/aromatic N) is 4. The number of fused-ring (bicyclic) bond motifs is 6. The van der Waals surface area contributed by atoms with Gasteiger partial charge in [0, 0.05) is 46.5 Å². The predicted molar refractivity (Wildman–Crippen MR) is 110 cm³/mol. The van der Waals surface area contributed by atoms with Crippen LogP contribution in [0.15, 0.2) is 79.1 Å². The van der Waals surface area contributed by atoms with Crippen molar-refractivity contribution in [2.45, 2.75) is 0 Å². The minimum Gasteiger partial charge on any atom is -0.344 e. The van der Waals surface area contributed by atoms with Crippen LogP contribution in [0.25, 0.3) is 49.6 Å². The lowest BCUT2D eigenvalue weighted by Crippen LogP contribution is -1.99. The molecule has 0 amide bonds. The van der Waals surface area contributed by atoms with Gasteiger partial charge in [0.05, 0.1) is 16.6 Å². The number of aromatic nitrogens is 4. The Labute approximate surface area is 155 Å². The summed E-state index contributed by atoms with van der Waals surface area (Å²) in [6, 6.07) is 23.5. The molecule has 0 aliphatic heterocycles. The van der Waals surface area contributed by atoms with Crippen molar-refractivity contribution in [1.29, 1.82) is 0 Å². The van der Waals surface area contributed by atoms with Gasteiger partial charge in [-0.05, 0) is 30.3 Å². The van der Waals surface area contributed by atoms with E-state index in [1.807, 2.05) is 6.07 Å². The Morgan fingerprint density at radius 1 is 0.593 bits per heavy atom. The molecule has 0 bridgehead atoms. The van der Waals surface area contributed by atoms with E-state index in [2.05, 4.69) is 86.8 Å². The summed E-state index contributed by atoms with van der Waals surface area (Å²) in [5.41, 5.74) is 4.70. The molecule has 0 unspecified atom stereocenters. The topological polar surface area (TPSA) is 35.6 Å². The zero-order valence-corrected chi connectivity index (χ0v) is 14.8. The van der Waals surface area contributed by atoms with Crippen LogP contribution in [0.2, 0.25) is 0 Å². The molecule has 6 aromatic rings. The molecule has 4 nitrogen and oxygen atoms in total. The van der Waals surface area contributed by atoms with Crippen LogP contribution in [0.1, 0.15) is 0 Å². The van der Waals surface area contributed by atoms with Crippen molar-refractivity contribution in [3.05, 3.63) is 79.1 Å². The third-order valence-electron chi connectivity index (χ3n) is 5.46. The van der Waals surface area contributed by atoms with Crippen LogP contribution >= 0.6 is 0 Å². The summed E-state index contributed by atoms with van der Waals surface area (Å²) in [6.45, 7) is 0. The fourth-order valence-corrected chi connectivity index (χ4v) is 4.24. The zero-order valence-electron chi connectivity index (χ0n) is 14.8. The molecular weight excluding hydrogens is 332 g/mol. The van der Waals surface area contributed by atoms with E-state index in [1.165, 1.54) is 32.6 Å². The molecule has 27 heavy (non-hydrogen) atoms. The summed E-state index contributed by atoms with van der Waals surface area (Å²) in [6.07, 6.45) is 3.58. The Morgan fingerprint density at radius 2 is 1.22 bits per heavy atom. The second-order valence-electron chi connectivity index (χ2n) is 6.86. The van der Waals surface area contributed by atoms with Gasteiger partial charge in [0.25, 0.3) is 0 Å². The highest BCUT2D eigenvalue weighted by atomic mass is 15.1. The Hall–Kier alpha value is -3.66. The molecule has 0 saturated carbocycles. The first kappa shape index (κ1) is 14.5. The smallest absolute Gasteiger partial charge is 0.234 e. The second-order valence-corrected chi connectivity index (χ2v) is 6.86. The molecule has 128 valence electrons. The first-order chi connectivity index (χ1) is 13.3. The third kappa shape index (κ3) is 1.87. The van der Waals surface area contributed by atoms with Gasteiger partial charge in [-0.1, -0.05) is 36.4 Å². The largest absolute Gasteiger partial charge is 0.344 e. The van der Waals surface area contributed by atoms with Gasteiger partial charge in [-0.2, -0.15) is 0 Å². The quantitative estimate of drug-likeness (QED) is 0.408. The molecular formula is C23H16N4.